The smallest absolute Gasteiger partial charge is 0.102 e. The fourth-order valence-electron chi connectivity index (χ4n) is 2.77. The van der Waals surface area contributed by atoms with Gasteiger partial charge in [0.05, 0.1) is 6.10 Å². The van der Waals surface area contributed by atoms with E-state index in [1.54, 1.807) is 0 Å². The van der Waals surface area contributed by atoms with Gasteiger partial charge in [0.2, 0.25) is 0 Å². The summed E-state index contributed by atoms with van der Waals surface area (Å²) >= 11 is 0. The summed E-state index contributed by atoms with van der Waals surface area (Å²) in [5, 5.41) is 3.49. The number of hydrogen-bond acceptors (Lipinski definition) is 2. The van der Waals surface area contributed by atoms with E-state index >= 15 is 0 Å². The predicted octanol–water partition coefficient (Wildman–Crippen LogP) is 2.19. The molecule has 0 radical (unpaired) electrons. The third kappa shape index (κ3) is 1.40. The second-order valence-corrected chi connectivity index (χ2v) is 5.67. The predicted molar refractivity (Wildman–Crippen MR) is 58.3 cm³/mol. The summed E-state index contributed by atoms with van der Waals surface area (Å²) < 4.78 is 5.65. The van der Waals surface area contributed by atoms with E-state index in [2.05, 4.69) is 40.1 Å². The second kappa shape index (κ2) is 2.96. The van der Waals surface area contributed by atoms with Crippen molar-refractivity contribution >= 4 is 0 Å². The molecule has 2 fully saturated rings. The molecular weight excluding hydrogens is 174 g/mol. The minimum atomic E-state index is 0.157. The summed E-state index contributed by atoms with van der Waals surface area (Å²) in [4.78, 5) is 0. The Kier molecular flexibility index (Phi) is 2.20. The number of likely N-dealkylation sites (N-methyl/N-ethyl adjacent to an activating group) is 1. The first-order valence-electron chi connectivity index (χ1n) is 5.78. The lowest BCUT2D eigenvalue weighted by molar-refractivity contribution is 0.138. The maximum Gasteiger partial charge on any atom is 0.102 e. The van der Waals surface area contributed by atoms with Gasteiger partial charge in [0.25, 0.3) is 0 Å². The molecule has 1 heterocycles. The topological polar surface area (TPSA) is 24.6 Å². The lowest BCUT2D eigenvalue weighted by Crippen LogP contribution is -2.53. The number of epoxide rings is 1. The minimum absolute atomic E-state index is 0.157. The standard InChI is InChI=1S/C12H23NO/c1-8-10(14-8)12(4,13-5)9(2)11(3)6-7-11/h8-10,13H,6-7H2,1-5H3. The highest BCUT2D eigenvalue weighted by Crippen LogP contribution is 2.56. The van der Waals surface area contributed by atoms with Crippen molar-refractivity contribution in [3.05, 3.63) is 0 Å². The Morgan fingerprint density at radius 2 is 2.00 bits per heavy atom. The van der Waals surface area contributed by atoms with Gasteiger partial charge < -0.3 is 10.1 Å². The van der Waals surface area contributed by atoms with Crippen LogP contribution in [0, 0.1) is 11.3 Å². The van der Waals surface area contributed by atoms with Crippen molar-refractivity contribution in [2.75, 3.05) is 7.05 Å². The first-order chi connectivity index (χ1) is 6.44. The molecule has 0 aromatic rings. The molecule has 0 spiro atoms. The number of rotatable bonds is 4. The van der Waals surface area contributed by atoms with Crippen LogP contribution in [0.1, 0.15) is 40.5 Å². The van der Waals surface area contributed by atoms with E-state index in [0.29, 0.717) is 23.5 Å². The minimum Gasteiger partial charge on any atom is -0.368 e. The van der Waals surface area contributed by atoms with Gasteiger partial charge in [-0.15, -0.1) is 0 Å². The number of nitrogens with one attached hydrogen (secondary N) is 1. The van der Waals surface area contributed by atoms with Crippen LogP contribution in [-0.2, 0) is 4.74 Å². The van der Waals surface area contributed by atoms with Gasteiger partial charge >= 0.3 is 0 Å². The first kappa shape index (κ1) is 10.4. The second-order valence-electron chi connectivity index (χ2n) is 5.67. The normalized spacial score (nSPS) is 40.1. The van der Waals surface area contributed by atoms with Crippen molar-refractivity contribution in [3.8, 4) is 0 Å². The molecule has 14 heavy (non-hydrogen) atoms. The zero-order chi connectivity index (χ0) is 10.6. The van der Waals surface area contributed by atoms with Crippen LogP contribution in [0.2, 0.25) is 0 Å². The van der Waals surface area contributed by atoms with Gasteiger partial charge in [-0.3, -0.25) is 0 Å². The van der Waals surface area contributed by atoms with Crippen molar-refractivity contribution in [3.63, 3.8) is 0 Å². The van der Waals surface area contributed by atoms with Gasteiger partial charge in [0, 0.05) is 5.54 Å². The van der Waals surface area contributed by atoms with Crippen molar-refractivity contribution in [1.82, 2.24) is 5.32 Å². The monoisotopic (exact) mass is 197 g/mol. The summed E-state index contributed by atoms with van der Waals surface area (Å²) in [5.41, 5.74) is 0.716. The van der Waals surface area contributed by atoms with E-state index in [9.17, 15) is 0 Å². The average molecular weight is 197 g/mol. The Bertz CT molecular complexity index is 236. The van der Waals surface area contributed by atoms with E-state index in [0.717, 1.165) is 0 Å². The maximum absolute atomic E-state index is 5.65. The fourth-order valence-corrected chi connectivity index (χ4v) is 2.77. The molecule has 1 aliphatic carbocycles. The largest absolute Gasteiger partial charge is 0.368 e. The third-order valence-corrected chi connectivity index (χ3v) is 4.82. The Morgan fingerprint density at radius 3 is 2.29 bits per heavy atom. The Hall–Kier alpha value is -0.0800. The molecule has 2 nitrogen and oxygen atoms in total. The summed E-state index contributed by atoms with van der Waals surface area (Å²) in [6.07, 6.45) is 3.62. The Morgan fingerprint density at radius 1 is 1.50 bits per heavy atom. The van der Waals surface area contributed by atoms with Crippen LogP contribution < -0.4 is 5.32 Å². The van der Waals surface area contributed by atoms with Gasteiger partial charge in [-0.25, -0.2) is 0 Å². The van der Waals surface area contributed by atoms with Gasteiger partial charge in [0.1, 0.15) is 6.10 Å². The molecule has 4 unspecified atom stereocenters. The quantitative estimate of drug-likeness (QED) is 0.699. The molecule has 1 saturated carbocycles. The molecule has 0 amide bonds. The number of hydrogen-bond donors (Lipinski definition) is 1. The van der Waals surface area contributed by atoms with Crippen LogP contribution in [0.4, 0.5) is 0 Å². The maximum atomic E-state index is 5.65. The van der Waals surface area contributed by atoms with E-state index in [4.69, 9.17) is 4.74 Å². The van der Waals surface area contributed by atoms with Crippen molar-refractivity contribution in [2.24, 2.45) is 11.3 Å². The summed E-state index contributed by atoms with van der Waals surface area (Å²) in [5.74, 6) is 0.690. The van der Waals surface area contributed by atoms with Gasteiger partial charge in [0.15, 0.2) is 0 Å². The molecule has 0 aromatic heterocycles. The molecule has 2 aliphatic rings. The molecule has 82 valence electrons. The highest BCUT2D eigenvalue weighted by molar-refractivity contribution is 5.11. The summed E-state index contributed by atoms with van der Waals surface area (Å²) in [6, 6.07) is 0. The van der Waals surface area contributed by atoms with E-state index < -0.39 is 0 Å². The highest BCUT2D eigenvalue weighted by Gasteiger charge is 2.58. The highest BCUT2D eigenvalue weighted by atomic mass is 16.6. The van der Waals surface area contributed by atoms with Crippen LogP contribution in [0.5, 0.6) is 0 Å². The first-order valence-corrected chi connectivity index (χ1v) is 5.78. The van der Waals surface area contributed by atoms with Crippen LogP contribution >= 0.6 is 0 Å². The molecule has 2 heteroatoms. The lowest BCUT2D eigenvalue weighted by atomic mass is 9.74. The molecular formula is C12H23NO. The van der Waals surface area contributed by atoms with Crippen LogP contribution in [0.15, 0.2) is 0 Å². The lowest BCUT2D eigenvalue weighted by Gasteiger charge is -2.38. The van der Waals surface area contributed by atoms with E-state index in [-0.39, 0.29) is 5.54 Å². The average Bonchev–Trinajstić information content (AvgIpc) is 3.04. The van der Waals surface area contributed by atoms with Crippen molar-refractivity contribution in [2.45, 2.75) is 58.3 Å². The molecule has 1 saturated heterocycles. The van der Waals surface area contributed by atoms with E-state index in [1.807, 2.05) is 0 Å². The van der Waals surface area contributed by atoms with Gasteiger partial charge in [-0.05, 0) is 45.1 Å². The molecule has 0 bridgehead atoms. The third-order valence-electron chi connectivity index (χ3n) is 4.82. The Balaban J connectivity index is 2.11. The summed E-state index contributed by atoms with van der Waals surface area (Å²) in [7, 11) is 2.07. The van der Waals surface area contributed by atoms with Crippen molar-refractivity contribution in [1.29, 1.82) is 0 Å². The SMILES string of the molecule is CNC(C)(C1OC1C)C(C)C1(C)CC1. The molecule has 0 aromatic carbocycles. The van der Waals surface area contributed by atoms with Crippen LogP contribution in [-0.4, -0.2) is 24.8 Å². The zero-order valence-corrected chi connectivity index (χ0v) is 10.1. The molecule has 4 atom stereocenters. The molecule has 1 aliphatic heterocycles. The summed E-state index contributed by atoms with van der Waals surface area (Å²) in [6.45, 7) is 9.26. The number of ether oxygens (including phenoxy) is 1. The molecule has 2 rings (SSSR count). The zero-order valence-electron chi connectivity index (χ0n) is 10.1. The van der Waals surface area contributed by atoms with E-state index in [1.165, 1.54) is 12.8 Å². The fraction of sp³-hybridized carbons (Fsp3) is 1.00. The van der Waals surface area contributed by atoms with Crippen LogP contribution in [0.25, 0.3) is 0 Å². The van der Waals surface area contributed by atoms with Crippen molar-refractivity contribution < 1.29 is 4.74 Å². The van der Waals surface area contributed by atoms with Gasteiger partial charge in [-0.1, -0.05) is 13.8 Å². The van der Waals surface area contributed by atoms with Gasteiger partial charge in [-0.2, -0.15) is 0 Å². The Labute approximate surface area is 87.4 Å². The molecule has 1 N–H and O–H groups in total. The van der Waals surface area contributed by atoms with Crippen LogP contribution in [0.3, 0.4) is 0 Å².